The van der Waals surface area contributed by atoms with Crippen LogP contribution >= 0.6 is 11.3 Å². The van der Waals surface area contributed by atoms with Gasteiger partial charge in [0.1, 0.15) is 0 Å². The summed E-state index contributed by atoms with van der Waals surface area (Å²) in [5, 5.41) is 1.91. The van der Waals surface area contributed by atoms with Gasteiger partial charge in [-0.25, -0.2) is 0 Å². The van der Waals surface area contributed by atoms with Crippen molar-refractivity contribution in [3.05, 3.63) is 82.0 Å². The normalized spacial score (nSPS) is 16.3. The number of fused-ring (bicyclic) bond motifs is 3. The van der Waals surface area contributed by atoms with Gasteiger partial charge in [0, 0.05) is 24.2 Å². The first-order valence-corrected chi connectivity index (χ1v) is 10.8. The fraction of sp³-hybridized carbons (Fsp3) is 0.250. The summed E-state index contributed by atoms with van der Waals surface area (Å²) in [4.78, 5) is 28.1. The highest BCUT2D eigenvalue weighted by molar-refractivity contribution is 7.12. The van der Waals surface area contributed by atoms with Crippen LogP contribution in [0.3, 0.4) is 0 Å². The Kier molecular flexibility index (Phi) is 4.68. The van der Waals surface area contributed by atoms with Crippen molar-refractivity contribution in [2.24, 2.45) is 5.92 Å². The van der Waals surface area contributed by atoms with E-state index in [0.29, 0.717) is 25.9 Å². The largest absolute Gasteiger partial charge is 0.452 e. The van der Waals surface area contributed by atoms with E-state index in [1.807, 2.05) is 58.8 Å². The molecular formula is C24H21NO3S. The van der Waals surface area contributed by atoms with Gasteiger partial charge in [-0.15, -0.1) is 11.3 Å². The van der Waals surface area contributed by atoms with Crippen molar-refractivity contribution in [3.63, 3.8) is 0 Å². The molecule has 2 heterocycles. The van der Waals surface area contributed by atoms with Crippen LogP contribution < -0.4 is 0 Å². The third-order valence-electron chi connectivity index (χ3n) is 5.86. The van der Waals surface area contributed by atoms with Crippen LogP contribution in [0.15, 0.2) is 66.0 Å². The molecule has 1 aliphatic carbocycles. The van der Waals surface area contributed by atoms with Crippen LogP contribution in [0.25, 0.3) is 11.1 Å². The van der Waals surface area contributed by atoms with E-state index in [2.05, 4.69) is 12.1 Å². The summed E-state index contributed by atoms with van der Waals surface area (Å²) in [6, 6.07) is 20.0. The van der Waals surface area contributed by atoms with E-state index in [9.17, 15) is 9.59 Å². The molecule has 2 aromatic carbocycles. The number of carbonyl (C=O) groups excluding carboxylic acids is 2. The van der Waals surface area contributed by atoms with Gasteiger partial charge in [0.25, 0.3) is 5.91 Å². The molecule has 5 heteroatoms. The number of thiophene rings is 1. The lowest BCUT2D eigenvalue weighted by molar-refractivity contribution is -0.153. The second kappa shape index (κ2) is 7.48. The minimum atomic E-state index is -0.347. The summed E-state index contributed by atoms with van der Waals surface area (Å²) >= 11 is 1.46. The van der Waals surface area contributed by atoms with Crippen LogP contribution in [0, 0.1) is 5.92 Å². The maximum Gasteiger partial charge on any atom is 0.310 e. The Balaban J connectivity index is 1.28. The molecule has 4 nitrogen and oxygen atoms in total. The quantitative estimate of drug-likeness (QED) is 0.584. The maximum atomic E-state index is 13.0. The zero-order valence-electron chi connectivity index (χ0n) is 15.9. The molecule has 1 amide bonds. The molecule has 0 atom stereocenters. The monoisotopic (exact) mass is 403 g/mol. The van der Waals surface area contributed by atoms with E-state index in [-0.39, 0.29) is 23.9 Å². The van der Waals surface area contributed by atoms with Gasteiger partial charge in [0.05, 0.1) is 10.8 Å². The number of hydrogen-bond acceptors (Lipinski definition) is 4. The lowest BCUT2D eigenvalue weighted by Gasteiger charge is -2.31. The van der Waals surface area contributed by atoms with Crippen LogP contribution in [-0.4, -0.2) is 29.9 Å². The van der Waals surface area contributed by atoms with E-state index in [1.54, 1.807) is 0 Å². The van der Waals surface area contributed by atoms with E-state index >= 15 is 0 Å². The number of benzene rings is 2. The number of hydrogen-bond donors (Lipinski definition) is 0. The average molecular weight is 404 g/mol. The van der Waals surface area contributed by atoms with Gasteiger partial charge in [-0.1, -0.05) is 54.6 Å². The highest BCUT2D eigenvalue weighted by atomic mass is 32.1. The predicted molar refractivity (Wildman–Crippen MR) is 113 cm³/mol. The zero-order chi connectivity index (χ0) is 19.8. The summed E-state index contributed by atoms with van der Waals surface area (Å²) in [7, 11) is 0. The molecule has 146 valence electrons. The van der Waals surface area contributed by atoms with E-state index in [1.165, 1.54) is 11.3 Å². The Bertz CT molecular complexity index is 1010. The molecule has 0 unspecified atom stereocenters. The molecule has 1 aromatic heterocycles. The Labute approximate surface area is 173 Å². The smallest absolute Gasteiger partial charge is 0.310 e. The number of nitrogens with zero attached hydrogens (tertiary/aromatic N) is 1. The van der Waals surface area contributed by atoms with Crippen molar-refractivity contribution in [2.75, 3.05) is 13.1 Å². The lowest BCUT2D eigenvalue weighted by atomic mass is 9.96. The molecule has 29 heavy (non-hydrogen) atoms. The maximum absolute atomic E-state index is 13.0. The lowest BCUT2D eigenvalue weighted by Crippen LogP contribution is -2.40. The van der Waals surface area contributed by atoms with Crippen molar-refractivity contribution in [1.82, 2.24) is 4.90 Å². The highest BCUT2D eigenvalue weighted by Gasteiger charge is 2.35. The zero-order valence-corrected chi connectivity index (χ0v) is 16.7. The molecule has 0 N–H and O–H groups in total. The fourth-order valence-corrected chi connectivity index (χ4v) is 5.01. The van der Waals surface area contributed by atoms with Crippen LogP contribution in [0.4, 0.5) is 0 Å². The minimum Gasteiger partial charge on any atom is -0.452 e. The van der Waals surface area contributed by atoms with Gasteiger partial charge in [0.15, 0.2) is 6.10 Å². The molecule has 2 aliphatic rings. The third kappa shape index (κ3) is 3.25. The van der Waals surface area contributed by atoms with Crippen molar-refractivity contribution < 1.29 is 14.3 Å². The molecule has 1 fully saturated rings. The van der Waals surface area contributed by atoms with Crippen molar-refractivity contribution in [1.29, 1.82) is 0 Å². The van der Waals surface area contributed by atoms with Crippen molar-refractivity contribution in [3.8, 4) is 11.1 Å². The molecule has 0 saturated carbocycles. The number of esters is 1. The molecule has 5 rings (SSSR count). The Morgan fingerprint density at radius 1 is 0.862 bits per heavy atom. The van der Waals surface area contributed by atoms with Crippen LogP contribution in [-0.2, 0) is 9.53 Å². The second-order valence-electron chi connectivity index (χ2n) is 7.54. The van der Waals surface area contributed by atoms with Gasteiger partial charge in [-0.2, -0.15) is 0 Å². The topological polar surface area (TPSA) is 46.6 Å². The van der Waals surface area contributed by atoms with Crippen LogP contribution in [0.1, 0.15) is 39.7 Å². The SMILES string of the molecule is O=C(OC1c2ccccc2-c2ccccc21)C1CCN(C(=O)c2cccs2)CC1. The summed E-state index contributed by atoms with van der Waals surface area (Å²) in [6.07, 6.45) is 0.943. The second-order valence-corrected chi connectivity index (χ2v) is 8.48. The van der Waals surface area contributed by atoms with Crippen LogP contribution in [0.2, 0.25) is 0 Å². The van der Waals surface area contributed by atoms with Gasteiger partial charge < -0.3 is 9.64 Å². The first kappa shape index (κ1) is 18.1. The van der Waals surface area contributed by atoms with Gasteiger partial charge in [0.2, 0.25) is 0 Å². The number of amides is 1. The Hall–Kier alpha value is -2.92. The average Bonchev–Trinajstić information content (AvgIpc) is 3.41. The number of ether oxygens (including phenoxy) is 1. The van der Waals surface area contributed by atoms with E-state index < -0.39 is 0 Å². The molecule has 0 spiro atoms. The summed E-state index contributed by atoms with van der Waals surface area (Å²) in [6.45, 7) is 1.18. The summed E-state index contributed by atoms with van der Waals surface area (Å²) < 4.78 is 6.03. The first-order chi connectivity index (χ1) is 14.2. The molecule has 0 bridgehead atoms. The number of carbonyl (C=O) groups is 2. The number of piperidine rings is 1. The molecule has 3 aromatic rings. The highest BCUT2D eigenvalue weighted by Crippen LogP contribution is 2.45. The molecule has 0 radical (unpaired) electrons. The molecular weight excluding hydrogens is 382 g/mol. The number of rotatable bonds is 3. The first-order valence-electron chi connectivity index (χ1n) is 9.94. The van der Waals surface area contributed by atoms with Gasteiger partial charge >= 0.3 is 5.97 Å². The Morgan fingerprint density at radius 2 is 1.48 bits per heavy atom. The number of likely N-dealkylation sites (tertiary alicyclic amines) is 1. The van der Waals surface area contributed by atoms with E-state index in [0.717, 1.165) is 27.1 Å². The molecule has 1 saturated heterocycles. The Morgan fingerprint density at radius 3 is 2.07 bits per heavy atom. The standard InChI is InChI=1S/C24H21NO3S/c26-23(21-10-5-15-29-21)25-13-11-16(12-14-25)24(27)28-22-19-8-3-1-6-17(19)18-7-2-4-9-20(18)22/h1-10,15-16,22H,11-14H2. The summed E-state index contributed by atoms with van der Waals surface area (Å²) in [5.41, 5.74) is 4.37. The van der Waals surface area contributed by atoms with Crippen LogP contribution in [0.5, 0.6) is 0 Å². The van der Waals surface area contributed by atoms with Gasteiger partial charge in [-0.05, 0) is 35.4 Å². The van der Waals surface area contributed by atoms with Crippen molar-refractivity contribution >= 4 is 23.2 Å². The minimum absolute atomic E-state index is 0.0606. The van der Waals surface area contributed by atoms with Gasteiger partial charge in [-0.3, -0.25) is 9.59 Å². The van der Waals surface area contributed by atoms with Crippen molar-refractivity contribution in [2.45, 2.75) is 18.9 Å². The fourth-order valence-electron chi connectivity index (χ4n) is 4.32. The van der Waals surface area contributed by atoms with E-state index in [4.69, 9.17) is 4.74 Å². The third-order valence-corrected chi connectivity index (χ3v) is 6.72. The predicted octanol–water partition coefficient (Wildman–Crippen LogP) is 4.91. The molecule has 1 aliphatic heterocycles. The summed E-state index contributed by atoms with van der Waals surface area (Å²) in [5.74, 6) is -0.266.